The summed E-state index contributed by atoms with van der Waals surface area (Å²) in [6, 6.07) is 26.3. The van der Waals surface area contributed by atoms with Crippen molar-refractivity contribution >= 4 is 35.0 Å². The molecule has 4 aromatic rings. The minimum Gasteiger partial charge on any atom is -0.496 e. The highest BCUT2D eigenvalue weighted by molar-refractivity contribution is 6.30. The molecule has 2 N–H and O–H groups in total. The number of para-hydroxylation sites is 2. The molecule has 314 valence electrons. The van der Waals surface area contributed by atoms with Crippen molar-refractivity contribution in [2.45, 2.75) is 50.6 Å². The Morgan fingerprint density at radius 1 is 0.864 bits per heavy atom. The van der Waals surface area contributed by atoms with Crippen molar-refractivity contribution in [3.63, 3.8) is 0 Å². The predicted octanol–water partition coefficient (Wildman–Crippen LogP) is 6.73. The molecule has 3 heterocycles. The molecular formula is C43H45ClF3N3O9. The van der Waals surface area contributed by atoms with Crippen LogP contribution in [0.4, 0.5) is 13.2 Å². The number of amides is 1. The molecule has 2 bridgehead atoms. The topological polar surface area (TPSA) is 146 Å². The molecule has 0 radical (unpaired) electrons. The summed E-state index contributed by atoms with van der Waals surface area (Å²) in [6.45, 7) is 2.58. The van der Waals surface area contributed by atoms with Crippen molar-refractivity contribution in [3.05, 3.63) is 124 Å². The highest BCUT2D eigenvalue weighted by Gasteiger charge is 2.39. The van der Waals surface area contributed by atoms with Crippen molar-refractivity contribution in [1.29, 1.82) is 0 Å². The van der Waals surface area contributed by atoms with Crippen LogP contribution in [-0.2, 0) is 43.3 Å². The molecule has 1 saturated heterocycles. The van der Waals surface area contributed by atoms with Gasteiger partial charge in [0.15, 0.2) is 0 Å². The number of nitrogens with one attached hydrogen (secondary N) is 1. The molecule has 59 heavy (non-hydrogen) atoms. The van der Waals surface area contributed by atoms with Crippen molar-refractivity contribution in [2.24, 2.45) is 0 Å². The third-order valence-electron chi connectivity index (χ3n) is 9.54. The Morgan fingerprint density at radius 2 is 1.53 bits per heavy atom. The molecule has 0 saturated carbocycles. The first-order valence-corrected chi connectivity index (χ1v) is 19.1. The molecule has 6 rings (SSSR count). The zero-order valence-electron chi connectivity index (χ0n) is 32.5. The minimum absolute atomic E-state index is 0.0303. The van der Waals surface area contributed by atoms with Crippen LogP contribution in [0.3, 0.4) is 0 Å². The summed E-state index contributed by atoms with van der Waals surface area (Å²) in [4.78, 5) is 42.0. The molecule has 2 atom stereocenters. The molecule has 1 aromatic heterocycles. The lowest BCUT2D eigenvalue weighted by Crippen LogP contribution is -2.61. The summed E-state index contributed by atoms with van der Waals surface area (Å²) in [6.07, 6.45) is -1.56. The van der Waals surface area contributed by atoms with Gasteiger partial charge in [-0.1, -0.05) is 60.1 Å². The van der Waals surface area contributed by atoms with Crippen molar-refractivity contribution < 1.29 is 56.3 Å². The molecule has 2 aliphatic rings. The van der Waals surface area contributed by atoms with E-state index in [2.05, 4.69) is 10.3 Å². The van der Waals surface area contributed by atoms with E-state index < -0.39 is 12.1 Å². The maximum atomic E-state index is 13.5. The number of carboxylic acid groups (broad SMARTS) is 1. The number of aliphatic carboxylic acids is 1. The molecule has 12 nitrogen and oxygen atoms in total. The Morgan fingerprint density at radius 3 is 2.17 bits per heavy atom. The third kappa shape index (κ3) is 13.2. The Kier molecular flexibility index (Phi) is 16.1. The number of pyridine rings is 1. The van der Waals surface area contributed by atoms with E-state index in [1.165, 1.54) is 0 Å². The number of carboxylic acids is 1. The summed E-state index contributed by atoms with van der Waals surface area (Å²) in [7, 11) is 3.23. The van der Waals surface area contributed by atoms with Crippen LogP contribution in [-0.4, -0.2) is 98.2 Å². The minimum atomic E-state index is -5.08. The Hall–Kier alpha value is -5.64. The number of esters is 1. The van der Waals surface area contributed by atoms with E-state index in [0.29, 0.717) is 62.4 Å². The maximum Gasteiger partial charge on any atom is 0.490 e. The Labute approximate surface area is 344 Å². The molecule has 0 aliphatic carbocycles. The molecular weight excluding hydrogens is 795 g/mol. The van der Waals surface area contributed by atoms with Gasteiger partial charge in [-0.05, 0) is 59.0 Å². The Bertz CT molecular complexity index is 2060. The number of piperazine rings is 1. The van der Waals surface area contributed by atoms with Gasteiger partial charge in [0.2, 0.25) is 11.8 Å². The maximum absolute atomic E-state index is 13.5. The smallest absolute Gasteiger partial charge is 0.490 e. The molecule has 16 heteroatoms. The summed E-state index contributed by atoms with van der Waals surface area (Å²) in [5.74, 6) is -1.11. The van der Waals surface area contributed by atoms with E-state index in [9.17, 15) is 22.8 Å². The van der Waals surface area contributed by atoms with Crippen molar-refractivity contribution in [1.82, 2.24) is 15.2 Å². The van der Waals surface area contributed by atoms with Crippen LogP contribution in [0, 0.1) is 0 Å². The van der Waals surface area contributed by atoms with Gasteiger partial charge in [0.05, 0.1) is 52.9 Å². The first kappa shape index (κ1) is 44.5. The van der Waals surface area contributed by atoms with Gasteiger partial charge in [-0.2, -0.15) is 13.2 Å². The van der Waals surface area contributed by atoms with Crippen LogP contribution in [0.15, 0.2) is 96.7 Å². The number of benzene rings is 3. The number of nitrogens with zero attached hydrogens (tertiary/aromatic N) is 2. The average Bonchev–Trinajstić information content (AvgIpc) is 3.22. The number of ether oxygens (including phenoxy) is 5. The van der Waals surface area contributed by atoms with E-state index in [1.807, 2.05) is 83.9 Å². The second-order valence-electron chi connectivity index (χ2n) is 13.6. The van der Waals surface area contributed by atoms with Crippen molar-refractivity contribution in [2.75, 3.05) is 47.1 Å². The lowest BCUT2D eigenvalue weighted by Gasteiger charge is -2.44. The molecule has 1 amide bonds. The standard InChI is InChI=1S/C41H44ClN3O7.C2HF3O2/c1-48-37-10-5-3-8-29(37)21-41(47)52-27-35-34(22-33-24-45(25-36(35)44-33)40(46)20-28-12-15-32(42)16-13-28)30-14-17-39(43-23-30)51-19-7-18-50-26-31-9-4-6-11-38(31)49-2;3-2(4,5)1(6)7/h3-6,8-17,23,33,36,44H,7,18-22,24-27H2,1-2H3;(H,6,7)/t33-,36-;/m1./s1. The summed E-state index contributed by atoms with van der Waals surface area (Å²) >= 11 is 6.06. The lowest BCUT2D eigenvalue weighted by atomic mass is 9.84. The quantitative estimate of drug-likeness (QED) is 0.0916. The molecule has 0 unspecified atom stereocenters. The fraction of sp³-hybridized carbons (Fsp3) is 0.349. The van der Waals surface area contributed by atoms with E-state index in [4.69, 9.17) is 45.2 Å². The number of halogens is 4. The van der Waals surface area contributed by atoms with Crippen LogP contribution >= 0.6 is 11.6 Å². The monoisotopic (exact) mass is 839 g/mol. The van der Waals surface area contributed by atoms with Gasteiger partial charge in [-0.3, -0.25) is 9.59 Å². The number of carbonyl (C=O) groups excluding carboxylic acids is 2. The number of methoxy groups -OCH3 is 2. The normalized spacial score (nSPS) is 16.1. The third-order valence-corrected chi connectivity index (χ3v) is 9.79. The van der Waals surface area contributed by atoms with Crippen LogP contribution in [0.25, 0.3) is 5.57 Å². The zero-order chi connectivity index (χ0) is 42.4. The van der Waals surface area contributed by atoms with E-state index in [1.54, 1.807) is 26.4 Å². The predicted molar refractivity (Wildman–Crippen MR) is 212 cm³/mol. The van der Waals surface area contributed by atoms with Crippen LogP contribution in [0.1, 0.15) is 35.1 Å². The van der Waals surface area contributed by atoms with Crippen LogP contribution in [0.5, 0.6) is 17.4 Å². The summed E-state index contributed by atoms with van der Waals surface area (Å²) < 4.78 is 60.2. The number of hydrogen-bond acceptors (Lipinski definition) is 10. The second kappa shape index (κ2) is 21.4. The number of aromatic nitrogens is 1. The molecule has 1 fully saturated rings. The number of hydrogen-bond donors (Lipinski definition) is 2. The van der Waals surface area contributed by atoms with Gasteiger partial charge in [-0.15, -0.1) is 0 Å². The Balaban J connectivity index is 0.000000867. The molecule has 0 spiro atoms. The van der Waals surface area contributed by atoms with Crippen LogP contribution in [0.2, 0.25) is 5.02 Å². The fourth-order valence-corrected chi connectivity index (χ4v) is 6.78. The second-order valence-corrected chi connectivity index (χ2v) is 14.1. The lowest BCUT2D eigenvalue weighted by molar-refractivity contribution is -0.192. The van der Waals surface area contributed by atoms with E-state index in [0.717, 1.165) is 39.1 Å². The summed E-state index contributed by atoms with van der Waals surface area (Å²) in [5.41, 5.74) is 5.59. The highest BCUT2D eigenvalue weighted by atomic mass is 35.5. The SMILES string of the molecule is COc1ccccc1COCCCOc1ccc(C2=C(COC(=O)Cc3ccccc3OC)[C@H]3CN(C(=O)Cc4ccc(Cl)cc4)C[C@@H](C2)N3)cn1.O=C(O)C(F)(F)F. The van der Waals surface area contributed by atoms with Gasteiger partial charge in [0.25, 0.3) is 0 Å². The molecule has 2 aliphatic heterocycles. The van der Waals surface area contributed by atoms with Crippen molar-refractivity contribution in [3.8, 4) is 17.4 Å². The highest BCUT2D eigenvalue weighted by Crippen LogP contribution is 2.34. The van der Waals surface area contributed by atoms with Gasteiger partial charge in [0.1, 0.15) is 18.1 Å². The van der Waals surface area contributed by atoms with Crippen LogP contribution < -0.4 is 19.5 Å². The van der Waals surface area contributed by atoms with Gasteiger partial charge in [0, 0.05) is 54.0 Å². The average molecular weight is 840 g/mol. The van der Waals surface area contributed by atoms with Gasteiger partial charge < -0.3 is 39.0 Å². The van der Waals surface area contributed by atoms with E-state index in [-0.39, 0.29) is 43.4 Å². The number of alkyl halides is 3. The summed E-state index contributed by atoms with van der Waals surface area (Å²) in [5, 5.41) is 11.4. The van der Waals surface area contributed by atoms with E-state index >= 15 is 0 Å². The number of rotatable bonds is 16. The van der Waals surface area contributed by atoms with Gasteiger partial charge >= 0.3 is 18.1 Å². The molecule has 3 aromatic carbocycles. The first-order chi connectivity index (χ1) is 28.3. The largest absolute Gasteiger partial charge is 0.496 e. The number of fused-ring (bicyclic) bond motifs is 2. The zero-order valence-corrected chi connectivity index (χ0v) is 33.3. The van der Waals surface area contributed by atoms with Gasteiger partial charge in [-0.25, -0.2) is 9.78 Å². The number of carbonyl (C=O) groups is 3. The fourth-order valence-electron chi connectivity index (χ4n) is 6.66. The first-order valence-electron chi connectivity index (χ1n) is 18.7.